The SMILES string of the molecule is COC(=O)c1cc(OC)c(OC)cc1NC(=O)CN(c1cccc(C(F)(F)F)c1)S(=O)(=O)c1ccc(C)cc1. The molecule has 0 aliphatic carbocycles. The summed E-state index contributed by atoms with van der Waals surface area (Å²) in [5.41, 5.74) is -0.962. The van der Waals surface area contributed by atoms with Crippen molar-refractivity contribution in [1.82, 2.24) is 0 Å². The number of nitrogens with one attached hydrogen (secondary N) is 1. The molecule has 0 fully saturated rings. The van der Waals surface area contributed by atoms with Crippen molar-refractivity contribution in [1.29, 1.82) is 0 Å². The molecule has 1 N–H and O–H groups in total. The minimum atomic E-state index is -4.76. The van der Waals surface area contributed by atoms with Crippen LogP contribution in [0, 0.1) is 6.92 Å². The molecule has 3 aromatic rings. The van der Waals surface area contributed by atoms with Crippen molar-refractivity contribution in [2.45, 2.75) is 18.0 Å². The van der Waals surface area contributed by atoms with Gasteiger partial charge in [0.1, 0.15) is 6.54 Å². The van der Waals surface area contributed by atoms with Crippen molar-refractivity contribution in [3.05, 3.63) is 77.4 Å². The Morgan fingerprint density at radius 1 is 0.923 bits per heavy atom. The van der Waals surface area contributed by atoms with Crippen LogP contribution in [0.3, 0.4) is 0 Å². The zero-order valence-corrected chi connectivity index (χ0v) is 22.1. The summed E-state index contributed by atoms with van der Waals surface area (Å²) in [5, 5.41) is 2.43. The van der Waals surface area contributed by atoms with Crippen LogP contribution in [0.4, 0.5) is 24.5 Å². The number of anilines is 2. The molecule has 3 aromatic carbocycles. The van der Waals surface area contributed by atoms with E-state index >= 15 is 0 Å². The summed E-state index contributed by atoms with van der Waals surface area (Å²) in [4.78, 5) is 25.3. The van der Waals surface area contributed by atoms with Gasteiger partial charge >= 0.3 is 12.1 Å². The molecule has 1 amide bonds. The molecule has 13 heteroatoms. The molecule has 0 bridgehead atoms. The van der Waals surface area contributed by atoms with E-state index in [1.165, 1.54) is 50.6 Å². The van der Waals surface area contributed by atoms with Crippen molar-refractivity contribution in [3.63, 3.8) is 0 Å². The Kier molecular flexibility index (Phi) is 8.74. The standard InChI is InChI=1S/C26H25F3N2O7S/c1-16-8-10-19(11-9-16)39(34,35)31(18-7-5-6-17(12-18)26(27,28)29)15-24(32)30-21-14-23(37-3)22(36-2)13-20(21)25(33)38-4/h5-14H,15H2,1-4H3,(H,30,32). The lowest BCUT2D eigenvalue weighted by molar-refractivity contribution is -0.137. The Hall–Kier alpha value is -4.26. The molecule has 0 aromatic heterocycles. The third kappa shape index (κ3) is 6.60. The van der Waals surface area contributed by atoms with Gasteiger partial charge in [0, 0.05) is 12.1 Å². The maximum absolute atomic E-state index is 13.6. The number of carbonyl (C=O) groups excluding carboxylic acids is 2. The van der Waals surface area contributed by atoms with Crippen LogP contribution >= 0.6 is 0 Å². The highest BCUT2D eigenvalue weighted by Crippen LogP contribution is 2.35. The number of aryl methyl sites for hydroxylation is 1. The van der Waals surface area contributed by atoms with E-state index in [9.17, 15) is 31.2 Å². The molecule has 0 aliphatic heterocycles. The van der Waals surface area contributed by atoms with Gasteiger partial charge in [-0.25, -0.2) is 13.2 Å². The average Bonchev–Trinajstić information content (AvgIpc) is 2.90. The van der Waals surface area contributed by atoms with Gasteiger partial charge in [0.05, 0.1) is 48.7 Å². The number of alkyl halides is 3. The minimum Gasteiger partial charge on any atom is -0.493 e. The number of sulfonamides is 1. The van der Waals surface area contributed by atoms with Gasteiger partial charge in [-0.2, -0.15) is 13.2 Å². The molecule has 0 spiro atoms. The maximum Gasteiger partial charge on any atom is 0.416 e. The smallest absolute Gasteiger partial charge is 0.416 e. The van der Waals surface area contributed by atoms with Gasteiger partial charge in [0.15, 0.2) is 11.5 Å². The third-order valence-corrected chi connectivity index (χ3v) is 7.35. The summed E-state index contributed by atoms with van der Waals surface area (Å²) in [6.07, 6.45) is -4.76. The monoisotopic (exact) mass is 566 g/mol. The zero-order chi connectivity index (χ0) is 29.0. The second kappa shape index (κ2) is 11.6. The molecule has 39 heavy (non-hydrogen) atoms. The molecular formula is C26H25F3N2O7S. The fraction of sp³-hybridized carbons (Fsp3) is 0.231. The molecule has 0 unspecified atom stereocenters. The number of ether oxygens (including phenoxy) is 3. The lowest BCUT2D eigenvalue weighted by Crippen LogP contribution is -2.38. The van der Waals surface area contributed by atoms with E-state index in [-0.39, 0.29) is 33.3 Å². The van der Waals surface area contributed by atoms with Crippen LogP contribution in [-0.4, -0.2) is 48.2 Å². The molecule has 0 saturated carbocycles. The molecule has 3 rings (SSSR count). The van der Waals surface area contributed by atoms with Crippen LogP contribution in [0.15, 0.2) is 65.6 Å². The van der Waals surface area contributed by atoms with Gasteiger partial charge in [-0.1, -0.05) is 23.8 Å². The number of nitrogens with zero attached hydrogens (tertiary/aromatic N) is 1. The lowest BCUT2D eigenvalue weighted by Gasteiger charge is -2.25. The van der Waals surface area contributed by atoms with Crippen LogP contribution in [0.25, 0.3) is 0 Å². The first kappa shape index (κ1) is 29.3. The number of rotatable bonds is 9. The van der Waals surface area contributed by atoms with E-state index in [4.69, 9.17) is 14.2 Å². The quantitative estimate of drug-likeness (QED) is 0.376. The topological polar surface area (TPSA) is 111 Å². The van der Waals surface area contributed by atoms with Gasteiger partial charge < -0.3 is 19.5 Å². The highest BCUT2D eigenvalue weighted by Gasteiger charge is 2.33. The van der Waals surface area contributed by atoms with Crippen molar-refractivity contribution < 1.29 is 45.4 Å². The van der Waals surface area contributed by atoms with Gasteiger partial charge in [-0.05, 0) is 37.3 Å². The highest BCUT2D eigenvalue weighted by atomic mass is 32.2. The first-order valence-electron chi connectivity index (χ1n) is 11.2. The number of halogens is 3. The Morgan fingerprint density at radius 2 is 1.54 bits per heavy atom. The van der Waals surface area contributed by atoms with E-state index < -0.39 is 40.2 Å². The van der Waals surface area contributed by atoms with E-state index in [1.54, 1.807) is 6.92 Å². The van der Waals surface area contributed by atoms with Crippen LogP contribution in [0.5, 0.6) is 11.5 Å². The fourth-order valence-electron chi connectivity index (χ4n) is 3.57. The maximum atomic E-state index is 13.6. The highest BCUT2D eigenvalue weighted by molar-refractivity contribution is 7.92. The third-order valence-electron chi connectivity index (χ3n) is 5.56. The molecule has 208 valence electrons. The Morgan fingerprint density at radius 3 is 2.10 bits per heavy atom. The summed E-state index contributed by atoms with van der Waals surface area (Å²) in [7, 11) is -0.729. The number of hydrogen-bond donors (Lipinski definition) is 1. The lowest BCUT2D eigenvalue weighted by atomic mass is 10.1. The molecule has 0 heterocycles. The van der Waals surface area contributed by atoms with Crippen LogP contribution in [0.2, 0.25) is 0 Å². The molecule has 9 nitrogen and oxygen atoms in total. The van der Waals surface area contributed by atoms with E-state index in [0.29, 0.717) is 10.4 Å². The molecule has 0 radical (unpaired) electrons. The average molecular weight is 567 g/mol. The summed E-state index contributed by atoms with van der Waals surface area (Å²) in [5.74, 6) is -1.50. The second-order valence-electron chi connectivity index (χ2n) is 8.17. The zero-order valence-electron chi connectivity index (χ0n) is 21.3. The predicted octanol–water partition coefficient (Wildman–Crippen LogP) is 4.65. The molecule has 0 atom stereocenters. The largest absolute Gasteiger partial charge is 0.493 e. The Bertz CT molecular complexity index is 1470. The van der Waals surface area contributed by atoms with Crippen molar-refractivity contribution in [2.75, 3.05) is 37.5 Å². The first-order valence-corrected chi connectivity index (χ1v) is 12.7. The predicted molar refractivity (Wildman–Crippen MR) is 137 cm³/mol. The van der Waals surface area contributed by atoms with E-state index in [1.807, 2.05) is 0 Å². The molecule has 0 aliphatic rings. The number of benzene rings is 3. The Balaban J connectivity index is 2.07. The number of amides is 1. The number of hydrogen-bond acceptors (Lipinski definition) is 7. The van der Waals surface area contributed by atoms with Crippen LogP contribution < -0.4 is 19.1 Å². The van der Waals surface area contributed by atoms with Gasteiger partial charge in [-0.3, -0.25) is 9.10 Å². The second-order valence-corrected chi connectivity index (χ2v) is 10.0. The summed E-state index contributed by atoms with van der Waals surface area (Å²) in [6, 6.07) is 11.7. The van der Waals surface area contributed by atoms with Crippen molar-refractivity contribution in [2.24, 2.45) is 0 Å². The number of carbonyl (C=O) groups is 2. The number of methoxy groups -OCH3 is 3. The van der Waals surface area contributed by atoms with Crippen LogP contribution in [0.1, 0.15) is 21.5 Å². The number of esters is 1. The summed E-state index contributed by atoms with van der Waals surface area (Å²) < 4.78 is 83.0. The Labute approximate surface area is 223 Å². The molecular weight excluding hydrogens is 541 g/mol. The van der Waals surface area contributed by atoms with Crippen molar-refractivity contribution in [3.8, 4) is 11.5 Å². The van der Waals surface area contributed by atoms with E-state index in [2.05, 4.69) is 5.32 Å². The van der Waals surface area contributed by atoms with Gasteiger partial charge in [-0.15, -0.1) is 0 Å². The van der Waals surface area contributed by atoms with E-state index in [0.717, 1.165) is 30.9 Å². The molecule has 0 saturated heterocycles. The summed E-state index contributed by atoms with van der Waals surface area (Å²) >= 11 is 0. The van der Waals surface area contributed by atoms with Gasteiger partial charge in [0.25, 0.3) is 10.0 Å². The minimum absolute atomic E-state index is 0.0961. The normalized spacial score (nSPS) is 11.5. The fourth-order valence-corrected chi connectivity index (χ4v) is 4.98. The summed E-state index contributed by atoms with van der Waals surface area (Å²) in [6.45, 7) is 0.808. The van der Waals surface area contributed by atoms with Crippen LogP contribution in [-0.2, 0) is 25.7 Å². The van der Waals surface area contributed by atoms with Gasteiger partial charge in [0.2, 0.25) is 5.91 Å². The van der Waals surface area contributed by atoms with Crippen molar-refractivity contribution >= 4 is 33.3 Å². The first-order chi connectivity index (χ1) is 18.3.